The third-order valence-electron chi connectivity index (χ3n) is 4.71. The standard InChI is InChI=1S/C21H18ClN3O3S/c22-19-14-6-2-4-8-17(14)29-18(19)11-24-21(28)25-16(20(26)27)9-12-10-23-15-7-3-1-5-13(12)15/h1-8,10,16,23H,9,11H2,(H,26,27)(H2,24,25,28)/t16-/m0/s1. The Morgan fingerprint density at radius 1 is 1.10 bits per heavy atom. The number of fused-ring (bicyclic) bond motifs is 2. The Hall–Kier alpha value is -3.03. The Balaban J connectivity index is 1.42. The van der Waals surface area contributed by atoms with Gasteiger partial charge in [-0.3, -0.25) is 0 Å². The first-order chi connectivity index (χ1) is 14.0. The van der Waals surface area contributed by atoms with E-state index >= 15 is 0 Å². The number of carboxylic acid groups (broad SMARTS) is 1. The first-order valence-corrected chi connectivity index (χ1v) is 10.2. The molecule has 2 aromatic carbocycles. The van der Waals surface area contributed by atoms with Gasteiger partial charge in [0.25, 0.3) is 0 Å². The number of carboxylic acids is 1. The van der Waals surface area contributed by atoms with Crippen LogP contribution in [0.5, 0.6) is 0 Å². The highest BCUT2D eigenvalue weighted by molar-refractivity contribution is 7.19. The normalized spacial score (nSPS) is 12.2. The molecule has 0 radical (unpaired) electrons. The topological polar surface area (TPSA) is 94.2 Å². The second-order valence-electron chi connectivity index (χ2n) is 6.62. The summed E-state index contributed by atoms with van der Waals surface area (Å²) in [5, 5.41) is 17.3. The molecule has 0 aliphatic rings. The predicted molar refractivity (Wildman–Crippen MR) is 116 cm³/mol. The number of para-hydroxylation sites is 1. The number of aliphatic carboxylic acids is 1. The first-order valence-electron chi connectivity index (χ1n) is 9.01. The van der Waals surface area contributed by atoms with Gasteiger partial charge in [0.15, 0.2) is 0 Å². The van der Waals surface area contributed by atoms with E-state index in [1.807, 2.05) is 48.5 Å². The summed E-state index contributed by atoms with van der Waals surface area (Å²) < 4.78 is 1.04. The molecule has 0 saturated heterocycles. The van der Waals surface area contributed by atoms with Gasteiger partial charge in [-0.1, -0.05) is 48.0 Å². The molecule has 4 rings (SSSR count). The van der Waals surface area contributed by atoms with Crippen molar-refractivity contribution in [2.75, 3.05) is 0 Å². The van der Waals surface area contributed by atoms with Crippen molar-refractivity contribution in [3.8, 4) is 0 Å². The van der Waals surface area contributed by atoms with Gasteiger partial charge in [-0.05, 0) is 17.7 Å². The maximum Gasteiger partial charge on any atom is 0.326 e. The Kier molecular flexibility index (Phi) is 5.42. The SMILES string of the molecule is O=C(NCc1sc2ccccc2c1Cl)N[C@@H](Cc1c[nH]c2ccccc12)C(=O)O. The molecule has 2 aromatic heterocycles. The van der Waals surface area contributed by atoms with Crippen LogP contribution in [0.25, 0.3) is 21.0 Å². The number of carbonyl (C=O) groups is 2. The summed E-state index contributed by atoms with van der Waals surface area (Å²) in [4.78, 5) is 27.9. The summed E-state index contributed by atoms with van der Waals surface area (Å²) in [6, 6.07) is 13.8. The van der Waals surface area contributed by atoms with E-state index in [1.54, 1.807) is 6.20 Å². The molecular weight excluding hydrogens is 410 g/mol. The van der Waals surface area contributed by atoms with Gasteiger partial charge in [0.2, 0.25) is 0 Å². The molecule has 0 aliphatic heterocycles. The highest BCUT2D eigenvalue weighted by atomic mass is 35.5. The van der Waals surface area contributed by atoms with E-state index in [0.29, 0.717) is 5.02 Å². The lowest BCUT2D eigenvalue weighted by Crippen LogP contribution is -2.46. The highest BCUT2D eigenvalue weighted by Crippen LogP contribution is 2.34. The summed E-state index contributed by atoms with van der Waals surface area (Å²) in [7, 11) is 0. The lowest BCUT2D eigenvalue weighted by atomic mass is 10.1. The highest BCUT2D eigenvalue weighted by Gasteiger charge is 2.22. The van der Waals surface area contributed by atoms with Crippen LogP contribution in [0.1, 0.15) is 10.4 Å². The fourth-order valence-electron chi connectivity index (χ4n) is 3.27. The van der Waals surface area contributed by atoms with E-state index in [0.717, 1.165) is 31.4 Å². The number of thiophene rings is 1. The van der Waals surface area contributed by atoms with E-state index in [2.05, 4.69) is 15.6 Å². The maximum absolute atomic E-state index is 12.3. The number of H-pyrrole nitrogens is 1. The lowest BCUT2D eigenvalue weighted by Gasteiger charge is -2.15. The zero-order valence-electron chi connectivity index (χ0n) is 15.2. The summed E-state index contributed by atoms with van der Waals surface area (Å²) >= 11 is 7.89. The number of hydrogen-bond acceptors (Lipinski definition) is 3. The summed E-state index contributed by atoms with van der Waals surface area (Å²) in [6.45, 7) is 0.226. The van der Waals surface area contributed by atoms with Crippen molar-refractivity contribution in [2.45, 2.75) is 19.0 Å². The number of benzene rings is 2. The molecule has 4 aromatic rings. The van der Waals surface area contributed by atoms with E-state index in [9.17, 15) is 14.7 Å². The second kappa shape index (κ2) is 8.14. The van der Waals surface area contributed by atoms with E-state index in [4.69, 9.17) is 11.6 Å². The van der Waals surface area contributed by atoms with Gasteiger partial charge in [0.1, 0.15) is 6.04 Å². The third-order valence-corrected chi connectivity index (χ3v) is 6.43. The largest absolute Gasteiger partial charge is 0.480 e. The second-order valence-corrected chi connectivity index (χ2v) is 8.13. The lowest BCUT2D eigenvalue weighted by molar-refractivity contribution is -0.139. The predicted octanol–water partition coefficient (Wildman–Crippen LogP) is 4.53. The average molecular weight is 428 g/mol. The molecule has 148 valence electrons. The summed E-state index contributed by atoms with van der Waals surface area (Å²) in [5.74, 6) is -1.09. The monoisotopic (exact) mass is 427 g/mol. The quantitative estimate of drug-likeness (QED) is 0.364. The molecule has 0 aliphatic carbocycles. The summed E-state index contributed by atoms with van der Waals surface area (Å²) in [5.41, 5.74) is 1.76. The van der Waals surface area contributed by atoms with Crippen molar-refractivity contribution >= 4 is 55.9 Å². The van der Waals surface area contributed by atoms with Crippen LogP contribution >= 0.6 is 22.9 Å². The number of aromatic nitrogens is 1. The van der Waals surface area contributed by atoms with Crippen LogP contribution in [0.4, 0.5) is 4.79 Å². The molecule has 6 nitrogen and oxygen atoms in total. The molecule has 29 heavy (non-hydrogen) atoms. The Labute approximate surface area is 175 Å². The Morgan fingerprint density at radius 3 is 2.59 bits per heavy atom. The number of nitrogens with one attached hydrogen (secondary N) is 3. The molecule has 0 spiro atoms. The molecule has 4 N–H and O–H groups in total. The first kappa shape index (κ1) is 19.3. The molecule has 0 saturated carbocycles. The fourth-order valence-corrected chi connectivity index (χ4v) is 4.71. The van der Waals surface area contributed by atoms with Crippen molar-refractivity contribution < 1.29 is 14.7 Å². The number of hydrogen-bond donors (Lipinski definition) is 4. The smallest absolute Gasteiger partial charge is 0.326 e. The minimum atomic E-state index is -1.09. The third kappa shape index (κ3) is 4.06. The van der Waals surface area contributed by atoms with E-state index < -0.39 is 18.0 Å². The van der Waals surface area contributed by atoms with E-state index in [-0.39, 0.29) is 13.0 Å². The number of rotatable bonds is 6. The molecular formula is C21H18ClN3O3S. The van der Waals surface area contributed by atoms with Crippen molar-refractivity contribution in [2.24, 2.45) is 0 Å². The number of aromatic amines is 1. The molecule has 2 heterocycles. The van der Waals surface area contributed by atoms with Crippen LogP contribution < -0.4 is 10.6 Å². The van der Waals surface area contributed by atoms with Crippen molar-refractivity contribution in [3.63, 3.8) is 0 Å². The van der Waals surface area contributed by atoms with Gasteiger partial charge >= 0.3 is 12.0 Å². The van der Waals surface area contributed by atoms with E-state index in [1.165, 1.54) is 11.3 Å². The van der Waals surface area contributed by atoms with Crippen LogP contribution in [0, 0.1) is 0 Å². The zero-order chi connectivity index (χ0) is 20.4. The fraction of sp³-hybridized carbons (Fsp3) is 0.143. The summed E-state index contributed by atoms with van der Waals surface area (Å²) in [6.07, 6.45) is 1.95. The molecule has 8 heteroatoms. The number of urea groups is 1. The van der Waals surface area contributed by atoms with Gasteiger partial charge in [0.05, 0.1) is 11.6 Å². The molecule has 0 bridgehead atoms. The molecule has 2 amide bonds. The van der Waals surface area contributed by atoms with Crippen molar-refractivity contribution in [1.29, 1.82) is 0 Å². The average Bonchev–Trinajstić information content (AvgIpc) is 3.27. The Morgan fingerprint density at radius 2 is 1.83 bits per heavy atom. The van der Waals surface area contributed by atoms with Crippen LogP contribution in [-0.4, -0.2) is 28.1 Å². The van der Waals surface area contributed by atoms with Crippen LogP contribution in [0.2, 0.25) is 5.02 Å². The maximum atomic E-state index is 12.3. The zero-order valence-corrected chi connectivity index (χ0v) is 16.8. The number of halogens is 1. The van der Waals surface area contributed by atoms with Gasteiger partial charge < -0.3 is 20.7 Å². The van der Waals surface area contributed by atoms with Gasteiger partial charge in [-0.2, -0.15) is 0 Å². The van der Waals surface area contributed by atoms with Crippen molar-refractivity contribution in [1.82, 2.24) is 15.6 Å². The minimum Gasteiger partial charge on any atom is -0.480 e. The van der Waals surface area contributed by atoms with Gasteiger partial charge in [0, 0.05) is 38.5 Å². The molecule has 0 fully saturated rings. The number of carbonyl (C=O) groups excluding carboxylic acids is 1. The number of amides is 2. The van der Waals surface area contributed by atoms with Gasteiger partial charge in [-0.15, -0.1) is 11.3 Å². The van der Waals surface area contributed by atoms with Crippen LogP contribution in [-0.2, 0) is 17.8 Å². The van der Waals surface area contributed by atoms with Crippen LogP contribution in [0.3, 0.4) is 0 Å². The molecule has 0 unspecified atom stereocenters. The molecule has 1 atom stereocenters. The van der Waals surface area contributed by atoms with Crippen molar-refractivity contribution in [3.05, 3.63) is 70.2 Å². The Bertz CT molecular complexity index is 1200. The van der Waals surface area contributed by atoms with Gasteiger partial charge in [-0.25, -0.2) is 9.59 Å². The van der Waals surface area contributed by atoms with Crippen LogP contribution in [0.15, 0.2) is 54.7 Å². The minimum absolute atomic E-state index is 0.177.